The molecule has 0 saturated heterocycles. The minimum absolute atomic E-state index is 0.00171. The molecular formula is C21H24Cl2N8O6. The number of hydrogen-bond donors (Lipinski definition) is 2. The standard InChI is InChI=1S/C10H9ClN4O2.C6H7ClN4O2.C5H8O2/c1-6-3-4-12-15(6)8-5-7(9(16)17-2)13-10(11)14-8;1-13-5(12)3-2-4(11-8)10-6(7)9-3;1-5(6)3-4-7-2/h3-5H,1-2H3;2H,8H2,1H3,(H,9,10,11);3-4H,1-2H3/b;;4-3+. The molecule has 0 unspecified atom stereocenters. The number of rotatable bonds is 6. The third kappa shape index (κ3) is 10.6. The van der Waals surface area contributed by atoms with Crippen molar-refractivity contribution in [2.45, 2.75) is 13.8 Å². The predicted octanol–water partition coefficient (Wildman–Crippen LogP) is 2.35. The quantitative estimate of drug-likeness (QED) is 0.113. The van der Waals surface area contributed by atoms with Crippen LogP contribution in [0.15, 0.2) is 36.7 Å². The monoisotopic (exact) mass is 554 g/mol. The summed E-state index contributed by atoms with van der Waals surface area (Å²) < 4.78 is 15.0. The van der Waals surface area contributed by atoms with Crippen molar-refractivity contribution < 1.29 is 28.6 Å². The molecule has 3 aromatic heterocycles. The number of ether oxygens (including phenoxy) is 3. The van der Waals surface area contributed by atoms with Crippen LogP contribution in [0.3, 0.4) is 0 Å². The van der Waals surface area contributed by atoms with Crippen LogP contribution in [0, 0.1) is 6.92 Å². The number of nitrogens with one attached hydrogen (secondary N) is 1. The van der Waals surface area contributed by atoms with Gasteiger partial charge in [0, 0.05) is 30.1 Å². The fourth-order valence-electron chi connectivity index (χ4n) is 2.20. The molecule has 0 aliphatic carbocycles. The lowest BCUT2D eigenvalue weighted by molar-refractivity contribution is -0.112. The van der Waals surface area contributed by atoms with Crippen LogP contribution < -0.4 is 11.3 Å². The van der Waals surface area contributed by atoms with E-state index >= 15 is 0 Å². The highest BCUT2D eigenvalue weighted by Gasteiger charge is 2.13. The molecule has 3 aromatic rings. The number of allylic oxidation sites excluding steroid dienone is 1. The second-order valence-corrected chi connectivity index (χ2v) is 7.12. The normalized spacial score (nSPS) is 9.84. The van der Waals surface area contributed by atoms with Crippen LogP contribution in [0.1, 0.15) is 33.6 Å². The molecule has 3 rings (SSSR count). The summed E-state index contributed by atoms with van der Waals surface area (Å²) in [7, 11) is 4.02. The van der Waals surface area contributed by atoms with Gasteiger partial charge < -0.3 is 19.6 Å². The molecule has 198 valence electrons. The first kappa shape index (κ1) is 30.9. The highest BCUT2D eigenvalue weighted by Crippen LogP contribution is 2.13. The van der Waals surface area contributed by atoms with E-state index in [-0.39, 0.29) is 33.6 Å². The number of ketones is 1. The first-order valence-electron chi connectivity index (χ1n) is 9.99. The zero-order valence-corrected chi connectivity index (χ0v) is 21.9. The maximum absolute atomic E-state index is 11.4. The number of hydrazine groups is 1. The van der Waals surface area contributed by atoms with Crippen LogP contribution in [0.2, 0.25) is 10.6 Å². The maximum Gasteiger partial charge on any atom is 0.356 e. The zero-order valence-electron chi connectivity index (χ0n) is 20.4. The summed E-state index contributed by atoms with van der Waals surface area (Å²) in [5.74, 6) is 4.59. The molecule has 0 aliphatic rings. The molecule has 0 atom stereocenters. The van der Waals surface area contributed by atoms with Gasteiger partial charge in [-0.2, -0.15) is 15.1 Å². The number of aromatic nitrogens is 6. The Hall–Kier alpha value is -4.14. The number of nitrogen functional groups attached to an aromatic ring is 1. The van der Waals surface area contributed by atoms with Crippen molar-refractivity contribution in [1.29, 1.82) is 0 Å². The lowest BCUT2D eigenvalue weighted by Gasteiger charge is -2.05. The molecular weight excluding hydrogens is 531 g/mol. The molecule has 0 amide bonds. The molecule has 37 heavy (non-hydrogen) atoms. The molecule has 0 radical (unpaired) electrons. The molecule has 0 fully saturated rings. The SMILES string of the molecule is CO/C=C/C(C)=O.COC(=O)c1cc(-n2nccc2C)nc(Cl)n1.COC(=O)c1cc(NN)nc(Cl)n1. The molecule has 0 bridgehead atoms. The molecule has 0 aliphatic heterocycles. The van der Waals surface area contributed by atoms with Gasteiger partial charge in [-0.15, -0.1) is 0 Å². The number of nitrogens with two attached hydrogens (primary N) is 1. The Morgan fingerprint density at radius 2 is 1.54 bits per heavy atom. The van der Waals surface area contributed by atoms with Crippen LogP contribution in [0.4, 0.5) is 5.82 Å². The van der Waals surface area contributed by atoms with Crippen molar-refractivity contribution in [3.63, 3.8) is 0 Å². The summed E-state index contributed by atoms with van der Waals surface area (Å²) in [5.41, 5.74) is 3.26. The Kier molecular flexibility index (Phi) is 13.2. The van der Waals surface area contributed by atoms with Crippen molar-refractivity contribution in [3.05, 3.63) is 64.4 Å². The van der Waals surface area contributed by atoms with Crippen molar-refractivity contribution >= 4 is 46.7 Å². The Morgan fingerprint density at radius 1 is 0.973 bits per heavy atom. The van der Waals surface area contributed by atoms with E-state index in [1.165, 1.54) is 52.7 Å². The highest BCUT2D eigenvalue weighted by atomic mass is 35.5. The first-order valence-corrected chi connectivity index (χ1v) is 10.7. The first-order chi connectivity index (χ1) is 17.6. The van der Waals surface area contributed by atoms with Crippen LogP contribution in [-0.2, 0) is 19.0 Å². The van der Waals surface area contributed by atoms with E-state index in [9.17, 15) is 14.4 Å². The maximum atomic E-state index is 11.4. The van der Waals surface area contributed by atoms with E-state index in [0.29, 0.717) is 5.82 Å². The van der Waals surface area contributed by atoms with E-state index < -0.39 is 11.9 Å². The van der Waals surface area contributed by atoms with Crippen molar-refractivity contribution in [2.24, 2.45) is 5.84 Å². The summed E-state index contributed by atoms with van der Waals surface area (Å²) in [6, 6.07) is 4.61. The van der Waals surface area contributed by atoms with Crippen LogP contribution in [0.5, 0.6) is 0 Å². The average Bonchev–Trinajstić information content (AvgIpc) is 3.32. The predicted molar refractivity (Wildman–Crippen MR) is 133 cm³/mol. The van der Waals surface area contributed by atoms with E-state index in [0.717, 1.165) is 5.69 Å². The molecule has 0 spiro atoms. The number of methoxy groups -OCH3 is 3. The van der Waals surface area contributed by atoms with E-state index in [1.54, 1.807) is 10.9 Å². The number of aryl methyl sites for hydroxylation is 1. The van der Waals surface area contributed by atoms with Gasteiger partial charge in [0.05, 0.1) is 27.6 Å². The molecule has 3 heterocycles. The summed E-state index contributed by atoms with van der Waals surface area (Å²) in [6.07, 6.45) is 4.34. The van der Waals surface area contributed by atoms with Crippen molar-refractivity contribution in [2.75, 3.05) is 26.8 Å². The van der Waals surface area contributed by atoms with Gasteiger partial charge >= 0.3 is 11.9 Å². The lowest BCUT2D eigenvalue weighted by Crippen LogP contribution is -2.12. The van der Waals surface area contributed by atoms with Gasteiger partial charge in [-0.05, 0) is 43.1 Å². The van der Waals surface area contributed by atoms with E-state index in [2.05, 4.69) is 44.7 Å². The van der Waals surface area contributed by atoms with Gasteiger partial charge in [0.2, 0.25) is 10.6 Å². The molecule has 0 aromatic carbocycles. The Labute approximate surface area is 221 Å². The third-order valence-electron chi connectivity index (χ3n) is 3.81. The topological polar surface area (TPSA) is 186 Å². The van der Waals surface area contributed by atoms with Gasteiger partial charge in [0.1, 0.15) is 5.82 Å². The Morgan fingerprint density at radius 3 is 1.97 bits per heavy atom. The van der Waals surface area contributed by atoms with E-state index in [1.807, 2.05) is 13.0 Å². The Balaban J connectivity index is 0.000000304. The van der Waals surface area contributed by atoms with Crippen molar-refractivity contribution in [3.8, 4) is 5.82 Å². The molecule has 14 nitrogen and oxygen atoms in total. The number of carbonyl (C=O) groups is 3. The molecule has 16 heteroatoms. The summed E-state index contributed by atoms with van der Waals surface area (Å²) in [5, 5.41) is 3.97. The second kappa shape index (κ2) is 15.8. The van der Waals surface area contributed by atoms with Gasteiger partial charge in [-0.25, -0.2) is 30.1 Å². The number of carbonyl (C=O) groups excluding carboxylic acids is 3. The molecule has 0 saturated carbocycles. The minimum atomic E-state index is -0.596. The molecule has 3 N–H and O–H groups in total. The fraction of sp³-hybridized carbons (Fsp3) is 0.238. The zero-order chi connectivity index (χ0) is 28.0. The van der Waals surface area contributed by atoms with Gasteiger partial charge in [-0.3, -0.25) is 4.79 Å². The van der Waals surface area contributed by atoms with Gasteiger partial charge in [-0.1, -0.05) is 0 Å². The number of hydrogen-bond acceptors (Lipinski definition) is 13. The third-order valence-corrected chi connectivity index (χ3v) is 4.15. The average molecular weight is 555 g/mol. The van der Waals surface area contributed by atoms with Crippen molar-refractivity contribution in [1.82, 2.24) is 29.7 Å². The van der Waals surface area contributed by atoms with Gasteiger partial charge in [0.15, 0.2) is 23.0 Å². The number of nitrogens with zero attached hydrogens (tertiary/aromatic N) is 6. The number of anilines is 1. The van der Waals surface area contributed by atoms with Crippen LogP contribution >= 0.6 is 23.2 Å². The fourth-order valence-corrected chi connectivity index (χ4v) is 2.56. The number of halogens is 2. The van der Waals surface area contributed by atoms with Gasteiger partial charge in [0.25, 0.3) is 0 Å². The lowest BCUT2D eigenvalue weighted by atomic mass is 10.4. The summed E-state index contributed by atoms with van der Waals surface area (Å²) in [4.78, 5) is 47.5. The smallest absolute Gasteiger partial charge is 0.356 e. The Bertz CT molecular complexity index is 1250. The summed E-state index contributed by atoms with van der Waals surface area (Å²) in [6.45, 7) is 3.33. The van der Waals surface area contributed by atoms with E-state index in [4.69, 9.17) is 29.0 Å². The van der Waals surface area contributed by atoms with Crippen LogP contribution in [-0.4, -0.2) is 68.8 Å². The summed E-state index contributed by atoms with van der Waals surface area (Å²) >= 11 is 11.3. The van der Waals surface area contributed by atoms with Crippen LogP contribution in [0.25, 0.3) is 5.82 Å². The number of esters is 2. The largest absolute Gasteiger partial charge is 0.504 e. The minimum Gasteiger partial charge on any atom is -0.504 e. The second-order valence-electron chi connectivity index (χ2n) is 6.45. The highest BCUT2D eigenvalue weighted by molar-refractivity contribution is 6.28.